The number of hydrogen-bond acceptors (Lipinski definition) is 4. The number of morpholine rings is 1. The zero-order chi connectivity index (χ0) is 17.9. The van der Waals surface area contributed by atoms with E-state index in [-0.39, 0.29) is 11.4 Å². The molecule has 1 aliphatic rings. The zero-order valence-corrected chi connectivity index (χ0v) is 14.9. The average molecular weight is 364 g/mol. The van der Waals surface area contributed by atoms with Crippen LogP contribution in [0.5, 0.6) is 0 Å². The Hall–Kier alpha value is -2.12. The fraction of sp³-hybridized carbons (Fsp3) is 0.333. The van der Waals surface area contributed by atoms with Crippen molar-refractivity contribution in [2.75, 3.05) is 35.9 Å². The molecule has 1 aliphatic heterocycles. The molecule has 0 unspecified atom stereocenters. The number of ether oxygens (including phenoxy) is 1. The van der Waals surface area contributed by atoms with Crippen LogP contribution in [-0.4, -0.2) is 34.7 Å². The maximum absolute atomic E-state index is 14.1. The molecule has 0 amide bonds. The lowest BCUT2D eigenvalue weighted by Crippen LogP contribution is -2.36. The fourth-order valence-corrected chi connectivity index (χ4v) is 4.09. The highest BCUT2D eigenvalue weighted by atomic mass is 32.2. The molecule has 1 fully saturated rings. The van der Waals surface area contributed by atoms with E-state index in [1.165, 1.54) is 12.1 Å². The molecule has 0 atom stereocenters. The van der Waals surface area contributed by atoms with Gasteiger partial charge in [0.2, 0.25) is 10.0 Å². The molecule has 1 saturated heterocycles. The molecule has 5 nitrogen and oxygen atoms in total. The minimum atomic E-state index is -3.71. The molecule has 0 aliphatic carbocycles. The Kier molecular flexibility index (Phi) is 5.24. The Morgan fingerprint density at radius 1 is 1.16 bits per heavy atom. The maximum atomic E-state index is 14.1. The van der Waals surface area contributed by atoms with Gasteiger partial charge in [-0.25, -0.2) is 12.8 Å². The van der Waals surface area contributed by atoms with Gasteiger partial charge < -0.3 is 9.64 Å². The molecule has 1 heterocycles. The lowest BCUT2D eigenvalue weighted by molar-refractivity contribution is 0.122. The van der Waals surface area contributed by atoms with Crippen molar-refractivity contribution >= 4 is 21.4 Å². The lowest BCUT2D eigenvalue weighted by Gasteiger charge is -2.29. The van der Waals surface area contributed by atoms with E-state index in [0.717, 1.165) is 11.3 Å². The molecule has 3 rings (SSSR count). The zero-order valence-electron chi connectivity index (χ0n) is 14.0. The second kappa shape index (κ2) is 7.41. The van der Waals surface area contributed by atoms with Crippen LogP contribution in [0.25, 0.3) is 0 Å². The van der Waals surface area contributed by atoms with Crippen LogP contribution in [0.3, 0.4) is 0 Å². The van der Waals surface area contributed by atoms with Crippen LogP contribution < -0.4 is 9.62 Å². The molecule has 0 radical (unpaired) electrons. The van der Waals surface area contributed by atoms with Crippen molar-refractivity contribution in [2.24, 2.45) is 0 Å². The number of sulfonamides is 1. The predicted octanol–water partition coefficient (Wildman–Crippen LogP) is 2.91. The first-order valence-corrected chi connectivity index (χ1v) is 9.77. The van der Waals surface area contributed by atoms with Gasteiger partial charge in [-0.2, -0.15) is 0 Å². The summed E-state index contributed by atoms with van der Waals surface area (Å²) in [4.78, 5) is 2.04. The summed E-state index contributed by atoms with van der Waals surface area (Å²) in [5, 5.41) is 0. The smallest absolute Gasteiger partial charge is 0.237 e. The number of hydrogen-bond donors (Lipinski definition) is 1. The van der Waals surface area contributed by atoms with Crippen LogP contribution in [0, 0.1) is 12.7 Å². The highest BCUT2D eigenvalue weighted by Gasteiger charge is 2.18. The number of nitrogens with one attached hydrogen (secondary N) is 1. The van der Waals surface area contributed by atoms with E-state index < -0.39 is 15.8 Å². The van der Waals surface area contributed by atoms with Crippen LogP contribution >= 0.6 is 0 Å². The number of anilines is 2. The largest absolute Gasteiger partial charge is 0.378 e. The van der Waals surface area contributed by atoms with Gasteiger partial charge in [0.25, 0.3) is 0 Å². The van der Waals surface area contributed by atoms with E-state index >= 15 is 0 Å². The summed E-state index contributed by atoms with van der Waals surface area (Å²) in [5.74, 6) is -0.786. The first-order valence-electron chi connectivity index (χ1n) is 8.12. The van der Waals surface area contributed by atoms with Crippen LogP contribution in [-0.2, 0) is 20.5 Å². The predicted molar refractivity (Wildman–Crippen MR) is 96.9 cm³/mol. The number of benzene rings is 2. The van der Waals surface area contributed by atoms with Gasteiger partial charge in [0.15, 0.2) is 0 Å². The van der Waals surface area contributed by atoms with E-state index in [0.29, 0.717) is 31.9 Å². The Morgan fingerprint density at radius 3 is 2.60 bits per heavy atom. The summed E-state index contributed by atoms with van der Waals surface area (Å²) in [6.45, 7) is 4.45. The number of halogens is 1. The van der Waals surface area contributed by atoms with Crippen molar-refractivity contribution in [3.63, 3.8) is 0 Å². The van der Waals surface area contributed by atoms with Gasteiger partial charge in [0.1, 0.15) is 5.82 Å². The van der Waals surface area contributed by atoms with E-state index in [9.17, 15) is 12.8 Å². The normalized spacial score (nSPS) is 15.2. The van der Waals surface area contributed by atoms with Gasteiger partial charge in [-0.1, -0.05) is 24.3 Å². The molecule has 2 aromatic carbocycles. The third kappa shape index (κ3) is 4.49. The molecular weight excluding hydrogens is 343 g/mol. The SMILES string of the molecule is Cc1ccccc1CS(=O)(=O)Nc1cc(N2CCOCC2)ccc1F. The van der Waals surface area contributed by atoms with Gasteiger partial charge in [-0.15, -0.1) is 0 Å². The first kappa shape index (κ1) is 17.7. The quantitative estimate of drug-likeness (QED) is 0.886. The fourth-order valence-electron chi connectivity index (χ4n) is 2.79. The van der Waals surface area contributed by atoms with Crippen molar-refractivity contribution in [3.8, 4) is 0 Å². The second-order valence-corrected chi connectivity index (χ2v) is 7.77. The van der Waals surface area contributed by atoms with E-state index in [2.05, 4.69) is 4.72 Å². The van der Waals surface area contributed by atoms with Gasteiger partial charge in [0.05, 0.1) is 24.7 Å². The maximum Gasteiger partial charge on any atom is 0.237 e. The van der Waals surface area contributed by atoms with Crippen molar-refractivity contribution in [3.05, 3.63) is 59.4 Å². The molecule has 25 heavy (non-hydrogen) atoms. The number of aryl methyl sites for hydroxylation is 1. The third-order valence-electron chi connectivity index (χ3n) is 4.20. The van der Waals surface area contributed by atoms with Crippen LogP contribution in [0.15, 0.2) is 42.5 Å². The molecule has 0 aromatic heterocycles. The second-order valence-electron chi connectivity index (χ2n) is 6.05. The van der Waals surface area contributed by atoms with Gasteiger partial charge in [-0.05, 0) is 36.2 Å². The Bertz CT molecular complexity index is 849. The average Bonchev–Trinajstić information content (AvgIpc) is 2.59. The lowest BCUT2D eigenvalue weighted by atomic mass is 10.1. The Morgan fingerprint density at radius 2 is 1.88 bits per heavy atom. The number of rotatable bonds is 5. The van der Waals surface area contributed by atoms with Gasteiger partial charge in [-0.3, -0.25) is 4.72 Å². The van der Waals surface area contributed by atoms with Crippen molar-refractivity contribution in [1.82, 2.24) is 0 Å². The van der Waals surface area contributed by atoms with Crippen LogP contribution in [0.4, 0.5) is 15.8 Å². The standard InChI is InChI=1S/C18H21FN2O3S/c1-14-4-2-3-5-15(14)13-25(22,23)20-18-12-16(6-7-17(18)19)21-8-10-24-11-9-21/h2-7,12,20H,8-11,13H2,1H3. The monoisotopic (exact) mass is 364 g/mol. The molecule has 0 spiro atoms. The number of nitrogens with zero attached hydrogens (tertiary/aromatic N) is 1. The van der Waals surface area contributed by atoms with E-state index in [4.69, 9.17) is 4.74 Å². The van der Waals surface area contributed by atoms with Crippen LogP contribution in [0.1, 0.15) is 11.1 Å². The summed E-state index contributed by atoms with van der Waals surface area (Å²) in [6, 6.07) is 11.7. The molecule has 2 aromatic rings. The van der Waals surface area contributed by atoms with E-state index in [1.54, 1.807) is 18.2 Å². The summed E-state index contributed by atoms with van der Waals surface area (Å²) < 4.78 is 46.7. The molecule has 0 saturated carbocycles. The third-order valence-corrected chi connectivity index (χ3v) is 5.42. The molecule has 1 N–H and O–H groups in total. The molecule has 0 bridgehead atoms. The Labute approximate surface area is 147 Å². The molecular formula is C18H21FN2O3S. The highest BCUT2D eigenvalue weighted by molar-refractivity contribution is 7.91. The van der Waals surface area contributed by atoms with Gasteiger partial charge >= 0.3 is 0 Å². The summed E-state index contributed by atoms with van der Waals surface area (Å²) >= 11 is 0. The van der Waals surface area contributed by atoms with Crippen molar-refractivity contribution < 1.29 is 17.5 Å². The van der Waals surface area contributed by atoms with E-state index in [1.807, 2.05) is 24.0 Å². The minimum Gasteiger partial charge on any atom is -0.378 e. The summed E-state index contributed by atoms with van der Waals surface area (Å²) in [5.41, 5.74) is 2.33. The topological polar surface area (TPSA) is 58.6 Å². The van der Waals surface area contributed by atoms with Gasteiger partial charge in [0, 0.05) is 18.8 Å². The van der Waals surface area contributed by atoms with Crippen molar-refractivity contribution in [2.45, 2.75) is 12.7 Å². The Balaban J connectivity index is 1.80. The molecule has 7 heteroatoms. The minimum absolute atomic E-state index is 0.0300. The summed E-state index contributed by atoms with van der Waals surface area (Å²) in [6.07, 6.45) is 0. The van der Waals surface area contributed by atoms with Crippen molar-refractivity contribution in [1.29, 1.82) is 0 Å². The summed E-state index contributed by atoms with van der Waals surface area (Å²) in [7, 11) is -3.71. The first-order chi connectivity index (χ1) is 11.9. The highest BCUT2D eigenvalue weighted by Crippen LogP contribution is 2.25. The van der Waals surface area contributed by atoms with Crippen LogP contribution in [0.2, 0.25) is 0 Å². The molecule has 134 valence electrons.